The van der Waals surface area contributed by atoms with Gasteiger partial charge < -0.3 is 20.1 Å². The van der Waals surface area contributed by atoms with Crippen LogP contribution in [0.4, 0.5) is 5.69 Å². The number of thioether (sulfide) groups is 1. The summed E-state index contributed by atoms with van der Waals surface area (Å²) in [7, 11) is 0. The molecule has 1 saturated heterocycles. The standard InChI is InChI=1S/C20H23N3O7S/c1-11(24)17-15-9-16(31-8-7-21-12(2)25)18(22(15)19(17)26)20(27)30-10-13-3-5-14(6-4-13)23(28)29/h3-6,11,15,17,24H,7-10H2,1-2H3,(H,21,25)/t11?,15-,17+/m1/s1. The summed E-state index contributed by atoms with van der Waals surface area (Å²) >= 11 is 1.37. The van der Waals surface area contributed by atoms with Crippen molar-refractivity contribution in [2.75, 3.05) is 12.3 Å². The lowest BCUT2D eigenvalue weighted by Gasteiger charge is -2.44. The van der Waals surface area contributed by atoms with Gasteiger partial charge in [-0.15, -0.1) is 11.8 Å². The summed E-state index contributed by atoms with van der Waals surface area (Å²) in [6.07, 6.45) is -0.386. The molecule has 0 bridgehead atoms. The Morgan fingerprint density at radius 3 is 2.65 bits per heavy atom. The van der Waals surface area contributed by atoms with E-state index in [0.717, 1.165) is 0 Å². The molecule has 0 aromatic heterocycles. The summed E-state index contributed by atoms with van der Waals surface area (Å²) in [6.45, 7) is 3.27. The number of nitrogens with zero attached hydrogens (tertiary/aromatic N) is 2. The van der Waals surface area contributed by atoms with Crippen molar-refractivity contribution >= 4 is 35.2 Å². The number of β-lactam (4-membered cyclic amide) rings is 1. The number of fused-ring (bicyclic) bond motifs is 1. The van der Waals surface area contributed by atoms with Crippen LogP contribution in [0.3, 0.4) is 0 Å². The summed E-state index contributed by atoms with van der Waals surface area (Å²) < 4.78 is 5.38. The maximum Gasteiger partial charge on any atom is 0.356 e. The van der Waals surface area contributed by atoms with E-state index in [9.17, 15) is 29.6 Å². The summed E-state index contributed by atoms with van der Waals surface area (Å²) in [4.78, 5) is 48.7. The van der Waals surface area contributed by atoms with Crippen LogP contribution in [-0.4, -0.2) is 57.2 Å². The van der Waals surface area contributed by atoms with Gasteiger partial charge in [0.2, 0.25) is 11.8 Å². The fraction of sp³-hybridized carbons (Fsp3) is 0.450. The zero-order valence-corrected chi connectivity index (χ0v) is 17.9. The molecule has 3 atom stereocenters. The first kappa shape index (κ1) is 22.8. The van der Waals surface area contributed by atoms with Crippen LogP contribution < -0.4 is 5.32 Å². The zero-order chi connectivity index (χ0) is 22.7. The lowest BCUT2D eigenvalue weighted by Crippen LogP contribution is -2.61. The van der Waals surface area contributed by atoms with Gasteiger partial charge in [0.15, 0.2) is 0 Å². The van der Waals surface area contributed by atoms with E-state index in [-0.39, 0.29) is 35.8 Å². The molecule has 3 rings (SSSR count). The third kappa shape index (κ3) is 4.88. The smallest absolute Gasteiger partial charge is 0.356 e. The number of nitrogens with one attached hydrogen (secondary N) is 1. The predicted molar refractivity (Wildman–Crippen MR) is 111 cm³/mol. The highest BCUT2D eigenvalue weighted by molar-refractivity contribution is 8.03. The average molecular weight is 449 g/mol. The Labute approximate surface area is 182 Å². The van der Waals surface area contributed by atoms with E-state index in [1.54, 1.807) is 6.92 Å². The number of rotatable bonds is 9. The van der Waals surface area contributed by atoms with E-state index in [1.165, 1.54) is 47.9 Å². The first-order chi connectivity index (χ1) is 14.7. The van der Waals surface area contributed by atoms with Crippen molar-refractivity contribution in [1.29, 1.82) is 0 Å². The molecule has 10 nitrogen and oxygen atoms in total. The Bertz CT molecular complexity index is 929. The summed E-state index contributed by atoms with van der Waals surface area (Å²) in [5.74, 6) is -1.19. The van der Waals surface area contributed by atoms with Gasteiger partial charge in [0.1, 0.15) is 12.3 Å². The van der Waals surface area contributed by atoms with Crippen molar-refractivity contribution < 1.29 is 29.2 Å². The quantitative estimate of drug-likeness (QED) is 0.189. The molecule has 2 aliphatic rings. The number of aliphatic hydroxyl groups excluding tert-OH is 1. The predicted octanol–water partition coefficient (Wildman–Crippen LogP) is 1.33. The number of ether oxygens (including phenoxy) is 1. The van der Waals surface area contributed by atoms with Gasteiger partial charge >= 0.3 is 5.97 Å². The normalized spacial score (nSPS) is 20.7. The molecule has 11 heteroatoms. The van der Waals surface area contributed by atoms with Crippen LogP contribution in [0.25, 0.3) is 0 Å². The van der Waals surface area contributed by atoms with Gasteiger partial charge in [-0.25, -0.2) is 4.79 Å². The number of nitro benzene ring substituents is 1. The molecule has 0 spiro atoms. The van der Waals surface area contributed by atoms with E-state index >= 15 is 0 Å². The lowest BCUT2D eigenvalue weighted by molar-refractivity contribution is -0.384. The largest absolute Gasteiger partial charge is 0.456 e. The lowest BCUT2D eigenvalue weighted by atomic mass is 9.83. The third-order valence-corrected chi connectivity index (χ3v) is 6.27. The Balaban J connectivity index is 1.70. The van der Waals surface area contributed by atoms with Crippen molar-refractivity contribution in [1.82, 2.24) is 10.2 Å². The molecule has 1 aromatic carbocycles. The second kappa shape index (κ2) is 9.48. The fourth-order valence-electron chi connectivity index (χ4n) is 3.68. The highest BCUT2D eigenvalue weighted by Crippen LogP contribution is 2.47. The van der Waals surface area contributed by atoms with Gasteiger partial charge in [0.25, 0.3) is 5.69 Å². The molecule has 2 N–H and O–H groups in total. The van der Waals surface area contributed by atoms with Crippen LogP contribution in [0.15, 0.2) is 34.9 Å². The molecule has 0 radical (unpaired) electrons. The third-order valence-electron chi connectivity index (χ3n) is 5.15. The van der Waals surface area contributed by atoms with Crippen LogP contribution >= 0.6 is 11.8 Å². The maximum absolute atomic E-state index is 12.8. The number of esters is 1. The number of carbonyl (C=O) groups excluding carboxylic acids is 3. The molecule has 1 fully saturated rings. The molecule has 2 aliphatic heterocycles. The number of amides is 2. The molecule has 0 aliphatic carbocycles. The fourth-order valence-corrected chi connectivity index (χ4v) is 4.74. The molecule has 166 valence electrons. The van der Waals surface area contributed by atoms with Crippen LogP contribution in [0.1, 0.15) is 25.8 Å². The molecular weight excluding hydrogens is 426 g/mol. The Hall–Kier alpha value is -2.92. The van der Waals surface area contributed by atoms with Gasteiger partial charge in [-0.3, -0.25) is 19.7 Å². The number of benzene rings is 1. The molecule has 1 aromatic rings. The zero-order valence-electron chi connectivity index (χ0n) is 17.1. The van der Waals surface area contributed by atoms with Crippen molar-refractivity contribution in [2.45, 2.75) is 39.0 Å². The van der Waals surface area contributed by atoms with E-state index in [4.69, 9.17) is 4.74 Å². The number of aliphatic hydroxyl groups is 1. The molecule has 2 amide bonds. The number of nitro groups is 1. The molecular formula is C20H23N3O7S. The van der Waals surface area contributed by atoms with Crippen molar-refractivity contribution in [3.05, 3.63) is 50.5 Å². The van der Waals surface area contributed by atoms with E-state index < -0.39 is 22.9 Å². The molecule has 1 unspecified atom stereocenters. The van der Waals surface area contributed by atoms with Crippen molar-refractivity contribution in [2.24, 2.45) is 5.92 Å². The summed E-state index contributed by atoms with van der Waals surface area (Å²) in [6, 6.07) is 5.35. The van der Waals surface area contributed by atoms with Crippen LogP contribution in [0.5, 0.6) is 0 Å². The van der Waals surface area contributed by atoms with E-state index in [0.29, 0.717) is 29.2 Å². The minimum atomic E-state index is -0.824. The van der Waals surface area contributed by atoms with Crippen molar-refractivity contribution in [3.8, 4) is 0 Å². The van der Waals surface area contributed by atoms with Gasteiger partial charge in [0, 0.05) is 42.7 Å². The Kier molecular flexibility index (Phi) is 6.96. The van der Waals surface area contributed by atoms with Gasteiger partial charge in [-0.1, -0.05) is 0 Å². The van der Waals surface area contributed by atoms with Gasteiger partial charge in [-0.05, 0) is 24.6 Å². The van der Waals surface area contributed by atoms with Crippen LogP contribution in [0, 0.1) is 16.0 Å². The Morgan fingerprint density at radius 2 is 2.06 bits per heavy atom. The van der Waals surface area contributed by atoms with Crippen LogP contribution in [0.2, 0.25) is 0 Å². The minimum absolute atomic E-state index is 0.0652. The first-order valence-electron chi connectivity index (χ1n) is 9.72. The van der Waals surface area contributed by atoms with E-state index in [1.807, 2.05) is 0 Å². The van der Waals surface area contributed by atoms with E-state index in [2.05, 4.69) is 5.32 Å². The number of hydrogen-bond donors (Lipinski definition) is 2. The molecule has 0 saturated carbocycles. The topological polar surface area (TPSA) is 139 Å². The molecule has 31 heavy (non-hydrogen) atoms. The Morgan fingerprint density at radius 1 is 1.39 bits per heavy atom. The number of hydrogen-bond acceptors (Lipinski definition) is 8. The van der Waals surface area contributed by atoms with Gasteiger partial charge in [0.05, 0.1) is 23.0 Å². The average Bonchev–Trinajstić information content (AvgIpc) is 3.03. The first-order valence-corrected chi connectivity index (χ1v) is 10.7. The second-order valence-corrected chi connectivity index (χ2v) is 8.54. The highest BCUT2D eigenvalue weighted by Gasteiger charge is 2.56. The van der Waals surface area contributed by atoms with Crippen molar-refractivity contribution in [3.63, 3.8) is 0 Å². The molecule has 2 heterocycles. The van der Waals surface area contributed by atoms with Gasteiger partial charge in [-0.2, -0.15) is 0 Å². The second-order valence-electron chi connectivity index (χ2n) is 7.35. The monoisotopic (exact) mass is 449 g/mol. The number of carbonyl (C=O) groups is 3. The highest BCUT2D eigenvalue weighted by atomic mass is 32.2. The SMILES string of the molecule is CC(=O)NCCSC1=C(C(=O)OCc2ccc([N+](=O)[O-])cc2)N2C(=O)[C@@H](C(C)O)[C@H]2C1. The summed E-state index contributed by atoms with van der Waals surface area (Å²) in [5.41, 5.74) is 0.678. The maximum atomic E-state index is 12.8. The summed E-state index contributed by atoms with van der Waals surface area (Å²) in [5, 5.41) is 23.3. The van der Waals surface area contributed by atoms with Crippen LogP contribution in [-0.2, 0) is 25.7 Å². The minimum Gasteiger partial charge on any atom is -0.456 e. The number of non-ortho nitro benzene ring substituents is 1.